The van der Waals surface area contributed by atoms with E-state index in [0.717, 1.165) is 0 Å². The van der Waals surface area contributed by atoms with Crippen molar-refractivity contribution in [1.82, 2.24) is 24.8 Å². The highest BCUT2D eigenvalue weighted by Crippen LogP contribution is 2.15. The van der Waals surface area contributed by atoms with E-state index in [9.17, 15) is 9.59 Å². The van der Waals surface area contributed by atoms with Crippen LogP contribution < -0.4 is 5.32 Å². The lowest BCUT2D eigenvalue weighted by Gasteiger charge is -2.11. The van der Waals surface area contributed by atoms with Gasteiger partial charge in [0, 0.05) is 49.0 Å². The van der Waals surface area contributed by atoms with Gasteiger partial charge in [-0.1, -0.05) is 48.5 Å². The molecule has 2 aromatic heterocycles. The van der Waals surface area contributed by atoms with E-state index in [1.54, 1.807) is 73.3 Å². The third-order valence-corrected chi connectivity index (χ3v) is 4.60. The zero-order chi connectivity index (χ0) is 20.8. The van der Waals surface area contributed by atoms with Gasteiger partial charge in [-0.2, -0.15) is 0 Å². The van der Waals surface area contributed by atoms with E-state index in [1.807, 2.05) is 16.8 Å². The van der Waals surface area contributed by atoms with Gasteiger partial charge >= 0.3 is 0 Å². The molecule has 1 amide bonds. The zero-order valence-electron chi connectivity index (χ0n) is 16.1. The van der Waals surface area contributed by atoms with Crippen molar-refractivity contribution in [3.8, 4) is 11.5 Å². The molecule has 0 spiro atoms. The van der Waals surface area contributed by atoms with Gasteiger partial charge in [0.05, 0.1) is 11.8 Å². The Morgan fingerprint density at radius 1 is 0.867 bits per heavy atom. The standard InChI is InChI=1S/C23H19N5O2/c29-21(17-6-2-1-3-7-17)18-8-4-5-9-19(18)23(30)27-13-15-28-14-12-26-22(28)20-16-24-10-11-25-20/h1-12,14,16H,13,15H2,(H,27,30). The highest BCUT2D eigenvalue weighted by atomic mass is 16.2. The normalized spacial score (nSPS) is 10.5. The van der Waals surface area contributed by atoms with Crippen LogP contribution in [0.15, 0.2) is 85.6 Å². The molecule has 0 aliphatic carbocycles. The Labute approximate surface area is 173 Å². The summed E-state index contributed by atoms with van der Waals surface area (Å²) in [7, 11) is 0. The third kappa shape index (κ3) is 4.15. The van der Waals surface area contributed by atoms with Crippen molar-refractivity contribution in [3.05, 3.63) is 102 Å². The van der Waals surface area contributed by atoms with Crippen LogP contribution in [-0.4, -0.2) is 37.8 Å². The lowest BCUT2D eigenvalue weighted by Crippen LogP contribution is -2.28. The molecule has 148 valence electrons. The van der Waals surface area contributed by atoms with Crippen molar-refractivity contribution < 1.29 is 9.59 Å². The Morgan fingerprint density at radius 2 is 1.63 bits per heavy atom. The molecule has 0 aliphatic heterocycles. The molecule has 0 bridgehead atoms. The SMILES string of the molecule is O=C(NCCn1ccnc1-c1cnccn1)c1ccccc1C(=O)c1ccccc1. The average molecular weight is 397 g/mol. The van der Waals surface area contributed by atoms with Crippen LogP contribution >= 0.6 is 0 Å². The van der Waals surface area contributed by atoms with E-state index < -0.39 is 0 Å². The third-order valence-electron chi connectivity index (χ3n) is 4.60. The predicted octanol–water partition coefficient (Wildman–Crippen LogP) is 3.00. The van der Waals surface area contributed by atoms with Crippen LogP contribution in [0.25, 0.3) is 11.5 Å². The summed E-state index contributed by atoms with van der Waals surface area (Å²) in [5.41, 5.74) is 1.94. The lowest BCUT2D eigenvalue weighted by molar-refractivity contribution is 0.0941. The number of hydrogen-bond donors (Lipinski definition) is 1. The molecule has 4 rings (SSSR count). The minimum absolute atomic E-state index is 0.180. The molecule has 0 radical (unpaired) electrons. The topological polar surface area (TPSA) is 89.8 Å². The van der Waals surface area contributed by atoms with Crippen LogP contribution in [0.1, 0.15) is 26.3 Å². The van der Waals surface area contributed by atoms with Crippen LogP contribution in [0.5, 0.6) is 0 Å². The van der Waals surface area contributed by atoms with Crippen LogP contribution in [0, 0.1) is 0 Å². The smallest absolute Gasteiger partial charge is 0.252 e. The van der Waals surface area contributed by atoms with Gasteiger partial charge in [0.15, 0.2) is 11.6 Å². The van der Waals surface area contributed by atoms with Gasteiger partial charge < -0.3 is 9.88 Å². The maximum atomic E-state index is 12.8. The summed E-state index contributed by atoms with van der Waals surface area (Å²) in [6, 6.07) is 15.8. The van der Waals surface area contributed by atoms with Crippen LogP contribution in [0.4, 0.5) is 0 Å². The number of imidazole rings is 1. The fourth-order valence-electron chi connectivity index (χ4n) is 3.15. The van der Waals surface area contributed by atoms with Gasteiger partial charge in [-0.05, 0) is 6.07 Å². The molecule has 7 heteroatoms. The minimum atomic E-state index is -0.295. The number of rotatable bonds is 7. The number of amides is 1. The molecule has 0 saturated heterocycles. The zero-order valence-corrected chi connectivity index (χ0v) is 16.1. The molecule has 30 heavy (non-hydrogen) atoms. The van der Waals surface area contributed by atoms with Gasteiger partial charge in [0.1, 0.15) is 5.69 Å². The Balaban J connectivity index is 1.45. The van der Waals surface area contributed by atoms with Crippen molar-refractivity contribution in [2.45, 2.75) is 6.54 Å². The first kappa shape index (κ1) is 19.2. The molecule has 0 aliphatic rings. The molecular weight excluding hydrogens is 378 g/mol. The maximum Gasteiger partial charge on any atom is 0.252 e. The van der Waals surface area contributed by atoms with E-state index in [4.69, 9.17) is 0 Å². The number of nitrogens with zero attached hydrogens (tertiary/aromatic N) is 4. The van der Waals surface area contributed by atoms with Crippen molar-refractivity contribution in [2.24, 2.45) is 0 Å². The number of benzene rings is 2. The quantitative estimate of drug-likeness (QED) is 0.484. The number of hydrogen-bond acceptors (Lipinski definition) is 5. The molecule has 4 aromatic rings. The number of carbonyl (C=O) groups is 2. The highest BCUT2D eigenvalue weighted by Gasteiger charge is 2.17. The number of nitrogens with one attached hydrogen (secondary N) is 1. The van der Waals surface area contributed by atoms with Gasteiger partial charge in [-0.25, -0.2) is 9.97 Å². The molecule has 0 atom stereocenters. The number of carbonyl (C=O) groups excluding carboxylic acids is 2. The van der Waals surface area contributed by atoms with Crippen molar-refractivity contribution in [1.29, 1.82) is 0 Å². The van der Waals surface area contributed by atoms with E-state index >= 15 is 0 Å². The van der Waals surface area contributed by atoms with E-state index in [1.165, 1.54) is 0 Å². The fourth-order valence-corrected chi connectivity index (χ4v) is 3.15. The van der Waals surface area contributed by atoms with Crippen molar-refractivity contribution in [3.63, 3.8) is 0 Å². The molecule has 0 fully saturated rings. The maximum absolute atomic E-state index is 12.8. The van der Waals surface area contributed by atoms with Crippen LogP contribution in [0.2, 0.25) is 0 Å². The first-order valence-electron chi connectivity index (χ1n) is 9.48. The molecule has 2 heterocycles. The summed E-state index contributed by atoms with van der Waals surface area (Å²) in [5, 5.41) is 2.89. The predicted molar refractivity (Wildman–Crippen MR) is 112 cm³/mol. The molecule has 1 N–H and O–H groups in total. The molecule has 0 saturated carbocycles. The average Bonchev–Trinajstić information content (AvgIpc) is 3.28. The van der Waals surface area contributed by atoms with Gasteiger partial charge in [0.2, 0.25) is 0 Å². The molecule has 2 aromatic carbocycles. The molecular formula is C23H19N5O2. The van der Waals surface area contributed by atoms with Crippen LogP contribution in [-0.2, 0) is 6.54 Å². The Kier molecular flexibility index (Phi) is 5.70. The molecule has 7 nitrogen and oxygen atoms in total. The second-order valence-electron chi connectivity index (χ2n) is 6.53. The van der Waals surface area contributed by atoms with Gasteiger partial charge in [0.25, 0.3) is 5.91 Å². The lowest BCUT2D eigenvalue weighted by atomic mass is 9.98. The van der Waals surface area contributed by atoms with Crippen molar-refractivity contribution in [2.75, 3.05) is 6.54 Å². The Bertz CT molecular complexity index is 1160. The second-order valence-corrected chi connectivity index (χ2v) is 6.53. The second kappa shape index (κ2) is 8.91. The summed E-state index contributed by atoms with van der Waals surface area (Å²) in [4.78, 5) is 38.2. The first-order chi connectivity index (χ1) is 14.7. The summed E-state index contributed by atoms with van der Waals surface area (Å²) in [5.74, 6) is 0.203. The Hall–Kier alpha value is -4.13. The highest BCUT2D eigenvalue weighted by molar-refractivity contribution is 6.15. The molecule has 0 unspecified atom stereocenters. The first-order valence-corrected chi connectivity index (χ1v) is 9.48. The van der Waals surface area contributed by atoms with Gasteiger partial charge in [-0.3, -0.25) is 14.6 Å². The fraction of sp³-hybridized carbons (Fsp3) is 0.0870. The van der Waals surface area contributed by atoms with E-state index in [0.29, 0.717) is 41.3 Å². The van der Waals surface area contributed by atoms with Crippen LogP contribution in [0.3, 0.4) is 0 Å². The largest absolute Gasteiger partial charge is 0.350 e. The minimum Gasteiger partial charge on any atom is -0.350 e. The monoisotopic (exact) mass is 397 g/mol. The summed E-state index contributed by atoms with van der Waals surface area (Å²) in [6.45, 7) is 0.878. The number of ketones is 1. The van der Waals surface area contributed by atoms with Gasteiger partial charge in [-0.15, -0.1) is 0 Å². The van der Waals surface area contributed by atoms with E-state index in [-0.39, 0.29) is 11.7 Å². The van der Waals surface area contributed by atoms with Crippen molar-refractivity contribution >= 4 is 11.7 Å². The number of aromatic nitrogens is 4. The summed E-state index contributed by atoms with van der Waals surface area (Å²) >= 11 is 0. The Morgan fingerprint density at radius 3 is 2.40 bits per heavy atom. The van der Waals surface area contributed by atoms with E-state index in [2.05, 4.69) is 20.3 Å². The summed E-state index contributed by atoms with van der Waals surface area (Å²) in [6.07, 6.45) is 8.35. The summed E-state index contributed by atoms with van der Waals surface area (Å²) < 4.78 is 1.89.